The molecule has 6 rings (SSSR count). The molecule has 6 aromatic rings. The Hall–Kier alpha value is -7.20. The predicted molar refractivity (Wildman–Crippen MR) is 270 cm³/mol. The molecule has 0 bridgehead atoms. The molecule has 0 radical (unpaired) electrons. The van der Waals surface area contributed by atoms with E-state index >= 15 is 0 Å². The molecular formula is C59H62O9. The molecule has 0 amide bonds. The Morgan fingerprint density at radius 2 is 0.912 bits per heavy atom. The monoisotopic (exact) mass is 914 g/mol. The highest BCUT2D eigenvalue weighted by Crippen LogP contribution is 2.25. The zero-order valence-electron chi connectivity index (χ0n) is 39.2. The van der Waals surface area contributed by atoms with E-state index in [0.717, 1.165) is 120 Å². The highest BCUT2D eigenvalue weighted by atomic mass is 16.5. The van der Waals surface area contributed by atoms with E-state index < -0.39 is 5.97 Å². The Labute approximate surface area is 401 Å². The molecule has 0 aliphatic carbocycles. The van der Waals surface area contributed by atoms with Crippen molar-refractivity contribution in [2.24, 2.45) is 0 Å². The molecule has 0 saturated heterocycles. The third-order valence-electron chi connectivity index (χ3n) is 10.9. The van der Waals surface area contributed by atoms with Crippen LogP contribution in [0.5, 0.6) is 23.0 Å². The number of unbranched alkanes of at least 4 members (excludes halogenated alkanes) is 7. The molecule has 0 aliphatic rings. The Kier molecular flexibility index (Phi) is 20.7. The fourth-order valence-electron chi connectivity index (χ4n) is 7.18. The van der Waals surface area contributed by atoms with E-state index in [2.05, 4.69) is 54.5 Å². The van der Waals surface area contributed by atoms with Crippen molar-refractivity contribution in [3.63, 3.8) is 0 Å². The lowest BCUT2D eigenvalue weighted by molar-refractivity contribution is -0.137. The minimum atomic E-state index is -0.434. The Morgan fingerprint density at radius 1 is 0.471 bits per heavy atom. The van der Waals surface area contributed by atoms with Crippen molar-refractivity contribution in [2.45, 2.75) is 77.6 Å². The summed E-state index contributed by atoms with van der Waals surface area (Å²) in [4.78, 5) is 24.2. The summed E-state index contributed by atoms with van der Waals surface area (Å²) in [7, 11) is 0. The summed E-state index contributed by atoms with van der Waals surface area (Å²) in [5.74, 6) is 15.1. The highest BCUT2D eigenvalue weighted by Gasteiger charge is 2.15. The van der Waals surface area contributed by atoms with E-state index in [1.807, 2.05) is 85.8 Å². The van der Waals surface area contributed by atoms with Crippen LogP contribution < -0.4 is 18.9 Å². The maximum Gasteiger partial charge on any atom is 0.341 e. The first-order valence-electron chi connectivity index (χ1n) is 23.8. The van der Waals surface area contributed by atoms with Crippen LogP contribution in [0.3, 0.4) is 0 Å². The van der Waals surface area contributed by atoms with E-state index in [1.54, 1.807) is 12.1 Å². The number of benzene rings is 6. The third kappa shape index (κ3) is 16.9. The van der Waals surface area contributed by atoms with Gasteiger partial charge in [-0.25, -0.2) is 9.59 Å². The maximum absolute atomic E-state index is 13.1. The number of aliphatic hydroxyl groups is 1. The average Bonchev–Trinajstić information content (AvgIpc) is 3.37. The predicted octanol–water partition coefficient (Wildman–Crippen LogP) is 12.2. The number of ether oxygens (including phenoxy) is 6. The van der Waals surface area contributed by atoms with Crippen LogP contribution in [0.25, 0.3) is 21.5 Å². The number of aliphatic hydroxyl groups excluding tert-OH is 1. The second-order valence-electron chi connectivity index (χ2n) is 16.3. The molecule has 0 spiro atoms. The van der Waals surface area contributed by atoms with Crippen molar-refractivity contribution in [3.8, 4) is 46.7 Å². The molecule has 0 unspecified atom stereocenters. The fraction of sp³-hybridized carbons (Fsp3) is 0.322. The van der Waals surface area contributed by atoms with E-state index in [4.69, 9.17) is 33.5 Å². The number of carbonyl (C=O) groups is 2. The molecule has 68 heavy (non-hydrogen) atoms. The molecule has 9 nitrogen and oxygen atoms in total. The average molecular weight is 915 g/mol. The van der Waals surface area contributed by atoms with Crippen LogP contribution in [-0.2, 0) is 14.3 Å². The molecule has 0 heterocycles. The quantitative estimate of drug-likeness (QED) is 0.0246. The first-order valence-corrected chi connectivity index (χ1v) is 23.8. The third-order valence-corrected chi connectivity index (χ3v) is 10.9. The van der Waals surface area contributed by atoms with Crippen LogP contribution in [0.4, 0.5) is 0 Å². The Bertz CT molecular complexity index is 2700. The molecule has 9 heteroatoms. The lowest BCUT2D eigenvalue weighted by Crippen LogP contribution is -2.10. The fourth-order valence-corrected chi connectivity index (χ4v) is 7.18. The SMILES string of the molecule is C=CC(=O)OCCCCCCOc1ccc2cc(C#Cc3ccc(OCCCCOc4ccc(C#Cc5ccc6cc(OCCCCCCO)ccc6c5)cc4C(=O)OCCC)cc3)ccc2c1. The first-order chi connectivity index (χ1) is 33.4. The van der Waals surface area contributed by atoms with E-state index in [-0.39, 0.29) is 12.6 Å². The summed E-state index contributed by atoms with van der Waals surface area (Å²) in [6.07, 6.45) is 11.0. The molecule has 0 atom stereocenters. The van der Waals surface area contributed by atoms with E-state index in [0.29, 0.717) is 62.9 Å². The Balaban J connectivity index is 0.924. The van der Waals surface area contributed by atoms with Gasteiger partial charge in [-0.2, -0.15) is 0 Å². The van der Waals surface area contributed by atoms with Gasteiger partial charge in [-0.3, -0.25) is 0 Å². The normalized spacial score (nSPS) is 10.6. The highest BCUT2D eigenvalue weighted by molar-refractivity contribution is 5.93. The van der Waals surface area contributed by atoms with Crippen LogP contribution in [0.2, 0.25) is 0 Å². The van der Waals surface area contributed by atoms with Crippen molar-refractivity contribution in [1.29, 1.82) is 0 Å². The van der Waals surface area contributed by atoms with Gasteiger partial charge in [0.1, 0.15) is 28.6 Å². The lowest BCUT2D eigenvalue weighted by atomic mass is 10.1. The van der Waals surface area contributed by atoms with Gasteiger partial charge in [0, 0.05) is 34.9 Å². The zero-order valence-corrected chi connectivity index (χ0v) is 39.2. The molecular weight excluding hydrogens is 853 g/mol. The van der Waals surface area contributed by atoms with Crippen LogP contribution in [0, 0.1) is 23.7 Å². The van der Waals surface area contributed by atoms with Gasteiger partial charge in [0.05, 0.1) is 39.6 Å². The van der Waals surface area contributed by atoms with E-state index in [1.165, 1.54) is 6.08 Å². The maximum atomic E-state index is 13.1. The van der Waals surface area contributed by atoms with Gasteiger partial charge < -0.3 is 33.5 Å². The summed E-state index contributed by atoms with van der Waals surface area (Å²) in [6.45, 7) is 8.57. The van der Waals surface area contributed by atoms with Gasteiger partial charge in [0.15, 0.2) is 0 Å². The van der Waals surface area contributed by atoms with E-state index in [9.17, 15) is 9.59 Å². The van der Waals surface area contributed by atoms with Crippen molar-refractivity contribution >= 4 is 33.5 Å². The Morgan fingerprint density at radius 3 is 1.49 bits per heavy atom. The number of carbonyl (C=O) groups excluding carboxylic acids is 2. The summed E-state index contributed by atoms with van der Waals surface area (Å²) in [5, 5.41) is 13.3. The molecule has 352 valence electrons. The van der Waals surface area contributed by atoms with Crippen LogP contribution in [0.1, 0.15) is 110 Å². The second-order valence-corrected chi connectivity index (χ2v) is 16.3. The van der Waals surface area contributed by atoms with Gasteiger partial charge in [-0.15, -0.1) is 0 Å². The van der Waals surface area contributed by atoms with Crippen molar-refractivity contribution < 1.29 is 43.1 Å². The topological polar surface area (TPSA) is 110 Å². The number of rotatable bonds is 26. The number of esters is 2. The summed E-state index contributed by atoms with van der Waals surface area (Å²) >= 11 is 0. The minimum Gasteiger partial charge on any atom is -0.494 e. The second kappa shape index (κ2) is 28.1. The zero-order chi connectivity index (χ0) is 47.6. The van der Waals surface area contributed by atoms with Gasteiger partial charge >= 0.3 is 11.9 Å². The molecule has 1 N–H and O–H groups in total. The summed E-state index contributed by atoms with van der Waals surface area (Å²) in [5.41, 5.74) is 3.72. The number of fused-ring (bicyclic) bond motifs is 2. The van der Waals surface area contributed by atoms with Crippen molar-refractivity contribution in [2.75, 3.05) is 46.2 Å². The standard InChI is InChI=1S/C59H62O9/c1-3-34-68-59(62)56-42-48(18-17-47-20-25-52-44-54(31-27-50(52)41-47)64-35-10-6-5-9-33-60)23-32-57(56)66-38-14-13-37-63-53-28-21-45(22-29-53)15-16-46-19-24-51-43-55(30-26-49(51)40-46)65-36-11-7-8-12-39-67-58(61)4-2/h4,19-32,40-44,60H,2-3,5-14,33-39H2,1H3. The number of hydrogen-bond donors (Lipinski definition) is 1. The number of hydrogen-bond acceptors (Lipinski definition) is 9. The molecule has 0 aromatic heterocycles. The van der Waals surface area contributed by atoms with Gasteiger partial charge in [-0.05, 0) is 177 Å². The van der Waals surface area contributed by atoms with Gasteiger partial charge in [-0.1, -0.05) is 67.9 Å². The van der Waals surface area contributed by atoms with Crippen molar-refractivity contribution in [3.05, 3.63) is 156 Å². The minimum absolute atomic E-state index is 0.240. The van der Waals surface area contributed by atoms with Crippen LogP contribution >= 0.6 is 0 Å². The lowest BCUT2D eigenvalue weighted by Gasteiger charge is -2.12. The molecule has 0 fully saturated rings. The van der Waals surface area contributed by atoms with Gasteiger partial charge in [0.25, 0.3) is 0 Å². The largest absolute Gasteiger partial charge is 0.494 e. The molecule has 0 saturated carbocycles. The van der Waals surface area contributed by atoms with Gasteiger partial charge in [0.2, 0.25) is 0 Å². The van der Waals surface area contributed by atoms with Crippen LogP contribution in [-0.4, -0.2) is 63.3 Å². The summed E-state index contributed by atoms with van der Waals surface area (Å²) < 4.78 is 34.5. The molecule has 6 aromatic carbocycles. The smallest absolute Gasteiger partial charge is 0.341 e. The van der Waals surface area contributed by atoms with Crippen LogP contribution in [0.15, 0.2) is 128 Å². The molecule has 0 aliphatic heterocycles. The summed E-state index contributed by atoms with van der Waals surface area (Å²) in [6, 6.07) is 37.6. The van der Waals surface area contributed by atoms with Crippen molar-refractivity contribution in [1.82, 2.24) is 0 Å². The first kappa shape index (κ1) is 50.2.